The lowest BCUT2D eigenvalue weighted by atomic mass is 9.88. The molecule has 3 heteroatoms. The Morgan fingerprint density at radius 1 is 1.75 bits per heavy atom. The van der Waals surface area contributed by atoms with Gasteiger partial charge in [0, 0.05) is 19.3 Å². The second-order valence-corrected chi connectivity index (χ2v) is 3.53. The predicted octanol–water partition coefficient (Wildman–Crippen LogP) is 0.517. The van der Waals surface area contributed by atoms with Gasteiger partial charge in [0.1, 0.15) is 0 Å². The highest BCUT2D eigenvalue weighted by molar-refractivity contribution is 5.21. The zero-order valence-corrected chi connectivity index (χ0v) is 7.32. The maximum absolute atomic E-state index is 9.00. The maximum Gasteiger partial charge on any atom is 0.0524 e. The Hall–Kier alpha value is -0.830. The van der Waals surface area contributed by atoms with E-state index in [-0.39, 0.29) is 0 Å². The van der Waals surface area contributed by atoms with Crippen molar-refractivity contribution in [3.63, 3.8) is 0 Å². The van der Waals surface area contributed by atoms with Gasteiger partial charge in [-0.1, -0.05) is 0 Å². The van der Waals surface area contributed by atoms with E-state index in [2.05, 4.69) is 5.10 Å². The molecule has 0 amide bonds. The molecule has 3 nitrogen and oxygen atoms in total. The van der Waals surface area contributed by atoms with Crippen molar-refractivity contribution in [1.29, 1.82) is 0 Å². The number of nitrogens with zero attached hydrogens (tertiary/aromatic N) is 2. The van der Waals surface area contributed by atoms with Crippen molar-refractivity contribution >= 4 is 0 Å². The highest BCUT2D eigenvalue weighted by atomic mass is 16.3. The molecule has 0 aliphatic heterocycles. The van der Waals surface area contributed by atoms with Crippen molar-refractivity contribution in [3.05, 3.63) is 17.5 Å². The number of aliphatic hydroxyl groups is 1. The van der Waals surface area contributed by atoms with E-state index in [0.29, 0.717) is 12.5 Å². The van der Waals surface area contributed by atoms with Crippen molar-refractivity contribution in [3.8, 4) is 0 Å². The molecular weight excluding hydrogens is 152 g/mol. The molecule has 12 heavy (non-hydrogen) atoms. The zero-order chi connectivity index (χ0) is 8.55. The normalized spacial score (nSPS) is 22.3. The number of rotatable bonds is 1. The summed E-state index contributed by atoms with van der Waals surface area (Å²) >= 11 is 0. The van der Waals surface area contributed by atoms with E-state index < -0.39 is 0 Å². The van der Waals surface area contributed by atoms with Crippen LogP contribution < -0.4 is 0 Å². The number of hydrogen-bond donors (Lipinski definition) is 1. The summed E-state index contributed by atoms with van der Waals surface area (Å²) in [4.78, 5) is 0. The first-order valence-corrected chi connectivity index (χ1v) is 4.42. The fourth-order valence-electron chi connectivity index (χ4n) is 1.91. The minimum absolute atomic E-state index is 0.314. The number of fused-ring (bicyclic) bond motifs is 1. The van der Waals surface area contributed by atoms with Crippen molar-refractivity contribution in [1.82, 2.24) is 9.78 Å². The maximum atomic E-state index is 9.00. The Kier molecular flexibility index (Phi) is 1.89. The van der Waals surface area contributed by atoms with Gasteiger partial charge in [0.2, 0.25) is 0 Å². The van der Waals surface area contributed by atoms with Crippen LogP contribution in [0.2, 0.25) is 0 Å². The molecule has 0 saturated carbocycles. The van der Waals surface area contributed by atoms with Crippen LogP contribution in [0, 0.1) is 5.92 Å². The number of aromatic nitrogens is 2. The van der Waals surface area contributed by atoms with E-state index in [0.717, 1.165) is 19.3 Å². The average molecular weight is 166 g/mol. The molecule has 0 fully saturated rings. The topological polar surface area (TPSA) is 38.0 Å². The fraction of sp³-hybridized carbons (Fsp3) is 0.667. The molecule has 0 spiro atoms. The average Bonchev–Trinajstić information content (AvgIpc) is 2.47. The summed E-state index contributed by atoms with van der Waals surface area (Å²) in [5.74, 6) is 0.460. The summed E-state index contributed by atoms with van der Waals surface area (Å²) < 4.78 is 1.95. The lowest BCUT2D eigenvalue weighted by Gasteiger charge is -2.19. The van der Waals surface area contributed by atoms with E-state index in [1.165, 1.54) is 11.3 Å². The predicted molar refractivity (Wildman–Crippen MR) is 45.8 cm³/mol. The summed E-state index contributed by atoms with van der Waals surface area (Å²) in [5.41, 5.74) is 2.67. The van der Waals surface area contributed by atoms with Crippen LogP contribution >= 0.6 is 0 Å². The van der Waals surface area contributed by atoms with Gasteiger partial charge in [0.15, 0.2) is 0 Å². The van der Waals surface area contributed by atoms with Crippen molar-refractivity contribution in [2.24, 2.45) is 13.0 Å². The minimum atomic E-state index is 0.314. The van der Waals surface area contributed by atoms with Gasteiger partial charge in [-0.25, -0.2) is 0 Å². The van der Waals surface area contributed by atoms with Crippen LogP contribution in [-0.2, 0) is 19.9 Å². The second-order valence-electron chi connectivity index (χ2n) is 3.53. The standard InChI is InChI=1S/C9H14N2O/c1-11-9-3-2-7(6-12)4-8(9)5-10-11/h5,7,12H,2-4,6H2,1H3/t7-/m0/s1. The van der Waals surface area contributed by atoms with Gasteiger partial charge in [0.05, 0.1) is 6.20 Å². The summed E-state index contributed by atoms with van der Waals surface area (Å²) in [6.45, 7) is 0.314. The third kappa shape index (κ3) is 1.14. The zero-order valence-electron chi connectivity index (χ0n) is 7.32. The van der Waals surface area contributed by atoms with Gasteiger partial charge in [-0.2, -0.15) is 5.10 Å². The number of aryl methyl sites for hydroxylation is 1. The molecule has 1 heterocycles. The molecule has 1 aliphatic rings. The van der Waals surface area contributed by atoms with Crippen LogP contribution in [0.1, 0.15) is 17.7 Å². The Labute approximate surface area is 72.0 Å². The van der Waals surface area contributed by atoms with Crippen molar-refractivity contribution < 1.29 is 5.11 Å². The third-order valence-corrected chi connectivity index (χ3v) is 2.70. The van der Waals surface area contributed by atoms with Crippen LogP contribution in [0.3, 0.4) is 0 Å². The van der Waals surface area contributed by atoms with Crippen LogP contribution in [0.5, 0.6) is 0 Å². The Morgan fingerprint density at radius 3 is 3.33 bits per heavy atom. The molecule has 1 N–H and O–H groups in total. The summed E-state index contributed by atoms with van der Waals surface area (Å²) in [7, 11) is 1.98. The molecule has 1 atom stereocenters. The molecule has 0 saturated heterocycles. The first-order chi connectivity index (χ1) is 5.81. The van der Waals surface area contributed by atoms with E-state index in [1.54, 1.807) is 0 Å². The first kappa shape index (κ1) is 7.80. The second kappa shape index (κ2) is 2.90. The quantitative estimate of drug-likeness (QED) is 0.660. The summed E-state index contributed by atoms with van der Waals surface area (Å²) in [6.07, 6.45) is 5.09. The van der Waals surface area contributed by atoms with Gasteiger partial charge in [-0.15, -0.1) is 0 Å². The van der Waals surface area contributed by atoms with Gasteiger partial charge in [-0.05, 0) is 30.7 Å². The van der Waals surface area contributed by atoms with E-state index in [9.17, 15) is 0 Å². The van der Waals surface area contributed by atoms with E-state index in [1.807, 2.05) is 17.9 Å². The van der Waals surface area contributed by atoms with Gasteiger partial charge < -0.3 is 5.11 Å². The molecular formula is C9H14N2O. The minimum Gasteiger partial charge on any atom is -0.396 e. The van der Waals surface area contributed by atoms with E-state index >= 15 is 0 Å². The molecule has 1 aromatic heterocycles. The van der Waals surface area contributed by atoms with Crippen LogP contribution in [-0.4, -0.2) is 21.5 Å². The van der Waals surface area contributed by atoms with Crippen molar-refractivity contribution in [2.75, 3.05) is 6.61 Å². The molecule has 0 bridgehead atoms. The highest BCUT2D eigenvalue weighted by Crippen LogP contribution is 2.24. The lowest BCUT2D eigenvalue weighted by molar-refractivity contribution is 0.212. The molecule has 0 unspecified atom stereocenters. The Bertz CT molecular complexity index is 280. The lowest BCUT2D eigenvalue weighted by Crippen LogP contribution is -2.18. The third-order valence-electron chi connectivity index (χ3n) is 2.70. The molecule has 1 aliphatic carbocycles. The van der Waals surface area contributed by atoms with Gasteiger partial charge in [0.25, 0.3) is 0 Å². The fourth-order valence-corrected chi connectivity index (χ4v) is 1.91. The largest absolute Gasteiger partial charge is 0.396 e. The van der Waals surface area contributed by atoms with Gasteiger partial charge in [-0.3, -0.25) is 4.68 Å². The highest BCUT2D eigenvalue weighted by Gasteiger charge is 2.20. The Morgan fingerprint density at radius 2 is 2.58 bits per heavy atom. The Balaban J connectivity index is 2.24. The van der Waals surface area contributed by atoms with E-state index in [4.69, 9.17) is 5.11 Å². The van der Waals surface area contributed by atoms with Crippen molar-refractivity contribution in [2.45, 2.75) is 19.3 Å². The summed E-state index contributed by atoms with van der Waals surface area (Å²) in [6, 6.07) is 0. The molecule has 1 aromatic rings. The molecule has 66 valence electrons. The molecule has 2 rings (SSSR count). The summed E-state index contributed by atoms with van der Waals surface area (Å²) in [5, 5.41) is 13.2. The van der Waals surface area contributed by atoms with Crippen LogP contribution in [0.4, 0.5) is 0 Å². The monoisotopic (exact) mass is 166 g/mol. The van der Waals surface area contributed by atoms with Crippen LogP contribution in [0.25, 0.3) is 0 Å². The number of aliphatic hydroxyl groups excluding tert-OH is 1. The number of hydrogen-bond acceptors (Lipinski definition) is 2. The van der Waals surface area contributed by atoms with Gasteiger partial charge >= 0.3 is 0 Å². The smallest absolute Gasteiger partial charge is 0.0524 e. The SMILES string of the molecule is Cn1ncc2c1CC[C@H](CO)C2. The van der Waals surface area contributed by atoms with Crippen LogP contribution in [0.15, 0.2) is 6.20 Å². The molecule has 0 radical (unpaired) electrons. The first-order valence-electron chi connectivity index (χ1n) is 4.42. The molecule has 0 aromatic carbocycles.